The summed E-state index contributed by atoms with van der Waals surface area (Å²) in [7, 11) is 0. The van der Waals surface area contributed by atoms with Gasteiger partial charge < -0.3 is 10.5 Å². The van der Waals surface area contributed by atoms with Crippen LogP contribution in [0.25, 0.3) is 0 Å². The van der Waals surface area contributed by atoms with Crippen LogP contribution in [0.3, 0.4) is 0 Å². The first kappa shape index (κ1) is 15.0. The minimum Gasteiger partial charge on any atom is -0.486 e. The summed E-state index contributed by atoms with van der Waals surface area (Å²) in [5, 5.41) is 0. The van der Waals surface area contributed by atoms with E-state index in [-0.39, 0.29) is 11.2 Å². The Hall–Kier alpha value is -1.87. The Kier molecular flexibility index (Phi) is 4.44. The first-order valence-corrected chi connectivity index (χ1v) is 7.90. The molecule has 2 aromatic carbocycles. The van der Waals surface area contributed by atoms with Gasteiger partial charge in [0.2, 0.25) is 0 Å². The number of ether oxygens (including phenoxy) is 1. The second-order valence-electron chi connectivity index (χ2n) is 6.11. The van der Waals surface area contributed by atoms with Crippen LogP contribution in [-0.2, 0) is 12.0 Å². The van der Waals surface area contributed by atoms with E-state index in [9.17, 15) is 4.39 Å². The van der Waals surface area contributed by atoms with E-state index in [1.165, 1.54) is 12.8 Å². The lowest BCUT2D eigenvalue weighted by Crippen LogP contribution is -2.32. The van der Waals surface area contributed by atoms with Crippen molar-refractivity contribution in [3.63, 3.8) is 0 Å². The van der Waals surface area contributed by atoms with E-state index in [1.807, 2.05) is 36.4 Å². The molecule has 0 atom stereocenters. The molecule has 1 aliphatic rings. The maximum atomic E-state index is 14.3. The van der Waals surface area contributed by atoms with Crippen molar-refractivity contribution in [2.75, 3.05) is 6.54 Å². The predicted molar refractivity (Wildman–Crippen MR) is 86.4 cm³/mol. The summed E-state index contributed by atoms with van der Waals surface area (Å²) in [4.78, 5) is 0. The summed E-state index contributed by atoms with van der Waals surface area (Å²) in [6.07, 6.45) is 4.44. The standard InChI is InChI=1S/C19H22FNO/c20-17-12-16(19(14-21)10-4-5-11-19)8-9-18(17)22-13-15-6-2-1-3-7-15/h1-3,6-9,12H,4-5,10-11,13-14,21H2. The van der Waals surface area contributed by atoms with Crippen LogP contribution in [0.1, 0.15) is 36.8 Å². The lowest BCUT2D eigenvalue weighted by molar-refractivity contribution is 0.289. The van der Waals surface area contributed by atoms with Crippen molar-refractivity contribution >= 4 is 0 Å². The number of nitrogens with two attached hydrogens (primary N) is 1. The van der Waals surface area contributed by atoms with E-state index in [0.29, 0.717) is 18.9 Å². The van der Waals surface area contributed by atoms with Crippen LogP contribution in [0.2, 0.25) is 0 Å². The second kappa shape index (κ2) is 6.49. The zero-order valence-corrected chi connectivity index (χ0v) is 12.7. The Morgan fingerprint density at radius 3 is 2.41 bits per heavy atom. The third-order valence-corrected chi connectivity index (χ3v) is 4.73. The largest absolute Gasteiger partial charge is 0.486 e. The molecule has 22 heavy (non-hydrogen) atoms. The highest BCUT2D eigenvalue weighted by Gasteiger charge is 2.34. The Labute approximate surface area is 131 Å². The lowest BCUT2D eigenvalue weighted by atomic mass is 9.79. The molecule has 1 saturated carbocycles. The maximum absolute atomic E-state index is 14.3. The van der Waals surface area contributed by atoms with Crippen LogP contribution < -0.4 is 10.5 Å². The molecular formula is C19H22FNO. The Bertz CT molecular complexity index is 621. The molecule has 0 amide bonds. The van der Waals surface area contributed by atoms with E-state index in [2.05, 4.69) is 0 Å². The van der Waals surface area contributed by atoms with Crippen molar-refractivity contribution in [1.29, 1.82) is 0 Å². The molecule has 0 spiro atoms. The zero-order chi connectivity index (χ0) is 15.4. The predicted octanol–water partition coefficient (Wildman–Crippen LogP) is 4.18. The monoisotopic (exact) mass is 299 g/mol. The smallest absolute Gasteiger partial charge is 0.165 e. The van der Waals surface area contributed by atoms with Gasteiger partial charge in [-0.3, -0.25) is 0 Å². The fraction of sp³-hybridized carbons (Fsp3) is 0.368. The Balaban J connectivity index is 1.75. The number of halogens is 1. The molecule has 1 fully saturated rings. The van der Waals surface area contributed by atoms with Gasteiger partial charge in [-0.2, -0.15) is 0 Å². The van der Waals surface area contributed by atoms with E-state index < -0.39 is 0 Å². The molecule has 0 saturated heterocycles. The molecule has 0 bridgehead atoms. The number of hydrogen-bond donors (Lipinski definition) is 1. The fourth-order valence-electron chi connectivity index (χ4n) is 3.35. The van der Waals surface area contributed by atoms with Crippen molar-refractivity contribution in [1.82, 2.24) is 0 Å². The molecule has 0 radical (unpaired) electrons. The summed E-state index contributed by atoms with van der Waals surface area (Å²) >= 11 is 0. The highest BCUT2D eigenvalue weighted by molar-refractivity contribution is 5.35. The zero-order valence-electron chi connectivity index (χ0n) is 12.7. The minimum absolute atomic E-state index is 0.0429. The molecule has 0 aliphatic heterocycles. The molecule has 1 aliphatic carbocycles. The van der Waals surface area contributed by atoms with Crippen molar-refractivity contribution in [3.05, 3.63) is 65.5 Å². The van der Waals surface area contributed by atoms with E-state index in [0.717, 1.165) is 24.0 Å². The normalized spacial score (nSPS) is 16.6. The Morgan fingerprint density at radius 1 is 1.05 bits per heavy atom. The molecule has 0 heterocycles. The average Bonchev–Trinajstić information content (AvgIpc) is 3.05. The van der Waals surface area contributed by atoms with Crippen LogP contribution >= 0.6 is 0 Å². The van der Waals surface area contributed by atoms with Crippen LogP contribution in [-0.4, -0.2) is 6.54 Å². The first-order valence-electron chi connectivity index (χ1n) is 7.90. The average molecular weight is 299 g/mol. The molecule has 2 nitrogen and oxygen atoms in total. The lowest BCUT2D eigenvalue weighted by Gasteiger charge is -2.28. The van der Waals surface area contributed by atoms with Crippen molar-refractivity contribution in [3.8, 4) is 5.75 Å². The SMILES string of the molecule is NCC1(c2ccc(OCc3ccccc3)c(F)c2)CCCC1. The van der Waals surface area contributed by atoms with Crippen LogP contribution in [0.4, 0.5) is 4.39 Å². The van der Waals surface area contributed by atoms with Gasteiger partial charge in [0, 0.05) is 12.0 Å². The molecule has 0 aromatic heterocycles. The molecular weight excluding hydrogens is 277 g/mol. The maximum Gasteiger partial charge on any atom is 0.165 e. The van der Waals surface area contributed by atoms with Gasteiger partial charge in [0.25, 0.3) is 0 Å². The third kappa shape index (κ3) is 3.00. The van der Waals surface area contributed by atoms with Crippen molar-refractivity contribution in [2.24, 2.45) is 5.73 Å². The topological polar surface area (TPSA) is 35.2 Å². The highest BCUT2D eigenvalue weighted by Crippen LogP contribution is 2.41. The van der Waals surface area contributed by atoms with Gasteiger partial charge in [0.05, 0.1) is 0 Å². The van der Waals surface area contributed by atoms with E-state index in [1.54, 1.807) is 12.1 Å². The fourth-order valence-corrected chi connectivity index (χ4v) is 3.35. The summed E-state index contributed by atoms with van der Waals surface area (Å²) < 4.78 is 19.9. The van der Waals surface area contributed by atoms with Crippen molar-refractivity contribution in [2.45, 2.75) is 37.7 Å². The summed E-state index contributed by atoms with van der Waals surface area (Å²) in [5.41, 5.74) is 7.97. The van der Waals surface area contributed by atoms with E-state index >= 15 is 0 Å². The van der Waals surface area contributed by atoms with E-state index in [4.69, 9.17) is 10.5 Å². The molecule has 2 aromatic rings. The molecule has 2 N–H and O–H groups in total. The van der Waals surface area contributed by atoms with Gasteiger partial charge in [-0.1, -0.05) is 49.2 Å². The Morgan fingerprint density at radius 2 is 1.77 bits per heavy atom. The third-order valence-electron chi connectivity index (χ3n) is 4.73. The summed E-state index contributed by atoms with van der Waals surface area (Å²) in [6.45, 7) is 0.954. The van der Waals surface area contributed by atoms with Gasteiger partial charge in [0.1, 0.15) is 6.61 Å². The first-order chi connectivity index (χ1) is 10.7. The van der Waals surface area contributed by atoms with Crippen molar-refractivity contribution < 1.29 is 9.13 Å². The number of rotatable bonds is 5. The minimum atomic E-state index is -0.298. The summed E-state index contributed by atoms with van der Waals surface area (Å²) in [5.74, 6) is 0.00549. The van der Waals surface area contributed by atoms with Crippen LogP contribution in [0.15, 0.2) is 48.5 Å². The molecule has 0 unspecified atom stereocenters. The van der Waals surface area contributed by atoms with Gasteiger partial charge in [-0.05, 0) is 36.1 Å². The van der Waals surface area contributed by atoms with Gasteiger partial charge >= 0.3 is 0 Å². The summed E-state index contributed by atoms with van der Waals surface area (Å²) in [6, 6.07) is 15.1. The van der Waals surface area contributed by atoms with Gasteiger partial charge in [0.15, 0.2) is 11.6 Å². The quantitative estimate of drug-likeness (QED) is 0.899. The highest BCUT2D eigenvalue weighted by atomic mass is 19.1. The molecule has 116 valence electrons. The van der Waals surface area contributed by atoms with Gasteiger partial charge in [-0.25, -0.2) is 4.39 Å². The van der Waals surface area contributed by atoms with Gasteiger partial charge in [-0.15, -0.1) is 0 Å². The molecule has 3 heteroatoms. The molecule has 3 rings (SSSR count). The second-order valence-corrected chi connectivity index (χ2v) is 6.11. The number of benzene rings is 2. The van der Waals surface area contributed by atoms with Crippen LogP contribution in [0, 0.1) is 5.82 Å². The van der Waals surface area contributed by atoms with Crippen LogP contribution in [0.5, 0.6) is 5.75 Å². The number of hydrogen-bond acceptors (Lipinski definition) is 2.